The summed E-state index contributed by atoms with van der Waals surface area (Å²) in [5.41, 5.74) is 1.68. The molecule has 1 aliphatic carbocycles. The second kappa shape index (κ2) is 4.48. The summed E-state index contributed by atoms with van der Waals surface area (Å²) in [5.74, 6) is 1.31. The molecule has 1 N–H and O–H groups in total. The van der Waals surface area contributed by atoms with Gasteiger partial charge in [0, 0.05) is 5.92 Å². The van der Waals surface area contributed by atoms with Crippen LogP contribution in [0.2, 0.25) is 0 Å². The number of carbonyl (C=O) groups is 1. The van der Waals surface area contributed by atoms with Crippen molar-refractivity contribution in [3.63, 3.8) is 0 Å². The average molecular weight is 282 g/mol. The van der Waals surface area contributed by atoms with Crippen molar-refractivity contribution in [3.05, 3.63) is 53.7 Å². The zero-order valence-electron chi connectivity index (χ0n) is 11.3. The molecule has 0 aliphatic heterocycles. The topological polar surface area (TPSA) is 68.3 Å². The van der Waals surface area contributed by atoms with E-state index in [4.69, 9.17) is 4.42 Å². The van der Waals surface area contributed by atoms with E-state index in [1.54, 1.807) is 18.4 Å². The lowest BCUT2D eigenvalue weighted by atomic mass is 10.2. The fourth-order valence-corrected chi connectivity index (χ4v) is 2.72. The lowest BCUT2D eigenvalue weighted by Crippen LogP contribution is -2.03. The highest BCUT2D eigenvalue weighted by atomic mass is 16.4. The molecule has 0 saturated heterocycles. The van der Waals surface area contributed by atoms with Gasteiger partial charge in [-0.3, -0.25) is 0 Å². The maximum absolute atomic E-state index is 11.4. The summed E-state index contributed by atoms with van der Waals surface area (Å²) in [6.07, 6.45) is 3.88. The van der Waals surface area contributed by atoms with Gasteiger partial charge in [-0.2, -0.15) is 0 Å². The van der Waals surface area contributed by atoms with Crippen LogP contribution in [0, 0.1) is 0 Å². The first-order valence-corrected chi connectivity index (χ1v) is 6.99. The largest absolute Gasteiger partial charge is 0.478 e. The Kier molecular flexibility index (Phi) is 2.60. The van der Waals surface area contributed by atoms with Gasteiger partial charge in [0.2, 0.25) is 0 Å². The minimum Gasteiger partial charge on any atom is -0.478 e. The van der Waals surface area contributed by atoms with Crippen molar-refractivity contribution in [1.82, 2.24) is 9.55 Å². The molecule has 1 saturated carbocycles. The summed E-state index contributed by atoms with van der Waals surface area (Å²) < 4.78 is 7.51. The number of rotatable bonds is 4. The minimum atomic E-state index is -0.939. The molecule has 5 heteroatoms. The molecule has 1 fully saturated rings. The number of imidazole rings is 1. The number of hydrogen-bond donors (Lipinski definition) is 1. The van der Waals surface area contributed by atoms with Crippen molar-refractivity contribution in [2.24, 2.45) is 0 Å². The van der Waals surface area contributed by atoms with Gasteiger partial charge in [-0.25, -0.2) is 9.78 Å². The van der Waals surface area contributed by atoms with E-state index in [0.29, 0.717) is 18.0 Å². The highest BCUT2D eigenvalue weighted by Gasteiger charge is 2.30. The van der Waals surface area contributed by atoms with Gasteiger partial charge < -0.3 is 14.1 Å². The van der Waals surface area contributed by atoms with Crippen LogP contribution in [0.25, 0.3) is 11.0 Å². The number of carboxylic acids is 1. The Morgan fingerprint density at radius 3 is 2.86 bits per heavy atom. The molecule has 0 radical (unpaired) electrons. The maximum atomic E-state index is 11.4. The van der Waals surface area contributed by atoms with Gasteiger partial charge in [0.05, 0.1) is 23.9 Å². The van der Waals surface area contributed by atoms with Gasteiger partial charge in [-0.15, -0.1) is 0 Å². The molecule has 0 amide bonds. The highest BCUT2D eigenvalue weighted by Crippen LogP contribution is 2.41. The summed E-state index contributed by atoms with van der Waals surface area (Å²) in [5, 5.41) is 9.33. The van der Waals surface area contributed by atoms with E-state index in [1.165, 1.54) is 0 Å². The summed E-state index contributed by atoms with van der Waals surface area (Å²) >= 11 is 0. The normalized spacial score (nSPS) is 14.7. The Hall–Kier alpha value is -2.56. The molecule has 0 unspecified atom stereocenters. The molecule has 106 valence electrons. The molecule has 2 heterocycles. The summed E-state index contributed by atoms with van der Waals surface area (Å²) in [4.78, 5) is 16.0. The lowest BCUT2D eigenvalue weighted by Gasteiger charge is -2.06. The van der Waals surface area contributed by atoms with Crippen molar-refractivity contribution in [1.29, 1.82) is 0 Å². The fraction of sp³-hybridized carbons (Fsp3) is 0.250. The Balaban J connectivity index is 1.92. The van der Waals surface area contributed by atoms with Crippen LogP contribution in [0.5, 0.6) is 0 Å². The molecule has 0 spiro atoms. The number of fused-ring (bicyclic) bond motifs is 1. The third-order valence-electron chi connectivity index (χ3n) is 3.88. The Morgan fingerprint density at radius 2 is 2.19 bits per heavy atom. The van der Waals surface area contributed by atoms with E-state index in [-0.39, 0.29) is 5.56 Å². The number of hydrogen-bond acceptors (Lipinski definition) is 3. The van der Waals surface area contributed by atoms with E-state index >= 15 is 0 Å². The van der Waals surface area contributed by atoms with Gasteiger partial charge >= 0.3 is 5.97 Å². The zero-order valence-corrected chi connectivity index (χ0v) is 11.3. The molecule has 0 atom stereocenters. The van der Waals surface area contributed by atoms with Gasteiger partial charge in [0.15, 0.2) is 0 Å². The van der Waals surface area contributed by atoms with Crippen molar-refractivity contribution in [3.8, 4) is 0 Å². The number of aromatic nitrogens is 2. The monoisotopic (exact) mass is 282 g/mol. The van der Waals surface area contributed by atoms with Gasteiger partial charge in [-0.05, 0) is 37.1 Å². The predicted molar refractivity (Wildman–Crippen MR) is 76.5 cm³/mol. The summed E-state index contributed by atoms with van der Waals surface area (Å²) in [7, 11) is 0. The molecule has 0 bridgehead atoms. The van der Waals surface area contributed by atoms with Crippen molar-refractivity contribution in [2.75, 3.05) is 0 Å². The van der Waals surface area contributed by atoms with Crippen LogP contribution in [0.3, 0.4) is 0 Å². The van der Waals surface area contributed by atoms with Crippen LogP contribution in [0.1, 0.15) is 40.7 Å². The predicted octanol–water partition coefficient (Wildman–Crippen LogP) is 3.25. The SMILES string of the molecule is O=C(O)c1cccc2c1nc(C1CC1)n2Cc1ccco1. The first kappa shape index (κ1) is 12.2. The molecular formula is C16H14N2O3. The summed E-state index contributed by atoms with van der Waals surface area (Å²) in [6.45, 7) is 0.582. The second-order valence-electron chi connectivity index (χ2n) is 5.39. The first-order valence-electron chi connectivity index (χ1n) is 6.99. The molecule has 4 rings (SSSR count). The zero-order chi connectivity index (χ0) is 14.4. The number of benzene rings is 1. The number of para-hydroxylation sites is 1. The number of aromatic carboxylic acids is 1. The van der Waals surface area contributed by atoms with E-state index in [2.05, 4.69) is 9.55 Å². The van der Waals surface area contributed by atoms with Crippen LogP contribution < -0.4 is 0 Å². The minimum absolute atomic E-state index is 0.257. The van der Waals surface area contributed by atoms with Crippen LogP contribution >= 0.6 is 0 Å². The molecule has 2 aromatic heterocycles. The van der Waals surface area contributed by atoms with E-state index in [9.17, 15) is 9.90 Å². The van der Waals surface area contributed by atoms with Crippen molar-refractivity contribution < 1.29 is 14.3 Å². The Bertz CT molecular complexity index is 814. The third kappa shape index (κ3) is 2.01. The third-order valence-corrected chi connectivity index (χ3v) is 3.88. The van der Waals surface area contributed by atoms with Crippen molar-refractivity contribution >= 4 is 17.0 Å². The van der Waals surface area contributed by atoms with Crippen LogP contribution in [-0.2, 0) is 6.54 Å². The van der Waals surface area contributed by atoms with Crippen LogP contribution in [0.15, 0.2) is 41.0 Å². The van der Waals surface area contributed by atoms with Gasteiger partial charge in [0.25, 0.3) is 0 Å². The number of carboxylic acid groups (broad SMARTS) is 1. The highest BCUT2D eigenvalue weighted by molar-refractivity contribution is 6.01. The second-order valence-corrected chi connectivity index (χ2v) is 5.39. The lowest BCUT2D eigenvalue weighted by molar-refractivity contribution is 0.0699. The Labute approximate surface area is 120 Å². The van der Waals surface area contributed by atoms with E-state index < -0.39 is 5.97 Å². The first-order chi connectivity index (χ1) is 10.2. The molecular weight excluding hydrogens is 268 g/mol. The smallest absolute Gasteiger partial charge is 0.337 e. The van der Waals surface area contributed by atoms with E-state index in [0.717, 1.165) is 29.9 Å². The van der Waals surface area contributed by atoms with Crippen LogP contribution in [0.4, 0.5) is 0 Å². The molecule has 1 aliphatic rings. The van der Waals surface area contributed by atoms with Gasteiger partial charge in [0.1, 0.15) is 17.1 Å². The molecule has 3 aromatic rings. The maximum Gasteiger partial charge on any atom is 0.337 e. The number of furan rings is 1. The molecule has 5 nitrogen and oxygen atoms in total. The Morgan fingerprint density at radius 1 is 1.33 bits per heavy atom. The average Bonchev–Trinajstić information content (AvgIpc) is 3.07. The standard InChI is InChI=1S/C16H14N2O3/c19-16(20)12-4-1-5-13-14(12)17-15(10-6-7-10)18(13)9-11-3-2-8-21-11/h1-5,8,10H,6-7,9H2,(H,19,20). The molecule has 1 aromatic carbocycles. The quantitative estimate of drug-likeness (QED) is 0.797. The van der Waals surface area contributed by atoms with E-state index in [1.807, 2.05) is 18.2 Å². The van der Waals surface area contributed by atoms with Gasteiger partial charge in [-0.1, -0.05) is 6.07 Å². The van der Waals surface area contributed by atoms with Crippen LogP contribution in [-0.4, -0.2) is 20.6 Å². The fourth-order valence-electron chi connectivity index (χ4n) is 2.72. The van der Waals surface area contributed by atoms with Crippen molar-refractivity contribution in [2.45, 2.75) is 25.3 Å². The summed E-state index contributed by atoms with van der Waals surface area (Å²) in [6, 6.07) is 9.06. The molecule has 21 heavy (non-hydrogen) atoms. The number of nitrogens with zero attached hydrogens (tertiary/aromatic N) is 2.